The van der Waals surface area contributed by atoms with Gasteiger partial charge in [-0.1, -0.05) is 25.1 Å². The third kappa shape index (κ3) is 1.61. The molecule has 0 unspecified atom stereocenters. The fraction of sp³-hybridized carbons (Fsp3) is 0.250. The van der Waals surface area contributed by atoms with Crippen LogP contribution in [0.15, 0.2) is 30.5 Å². The second kappa shape index (κ2) is 3.77. The van der Waals surface area contributed by atoms with Gasteiger partial charge in [-0.2, -0.15) is 0 Å². The highest BCUT2D eigenvalue weighted by molar-refractivity contribution is 6.02. The van der Waals surface area contributed by atoms with E-state index in [0.717, 1.165) is 16.6 Å². The standard InChI is InChI=1S/C12H14N2O/c1-3-12(15)14(2)11-8-13-10-7-5-4-6-9(10)11/h4-8,13H,3H2,1-2H3. The molecule has 0 saturated heterocycles. The Labute approximate surface area is 88.7 Å². The van der Waals surface area contributed by atoms with Gasteiger partial charge in [0.2, 0.25) is 5.91 Å². The van der Waals surface area contributed by atoms with E-state index < -0.39 is 0 Å². The van der Waals surface area contributed by atoms with Crippen LogP contribution in [0.25, 0.3) is 10.9 Å². The zero-order valence-electron chi connectivity index (χ0n) is 8.95. The maximum Gasteiger partial charge on any atom is 0.226 e. The first kappa shape index (κ1) is 9.77. The normalized spacial score (nSPS) is 10.5. The molecule has 0 fully saturated rings. The molecule has 15 heavy (non-hydrogen) atoms. The van der Waals surface area contributed by atoms with Crippen molar-refractivity contribution in [1.82, 2.24) is 4.98 Å². The van der Waals surface area contributed by atoms with Gasteiger partial charge in [0, 0.05) is 30.6 Å². The van der Waals surface area contributed by atoms with Crippen molar-refractivity contribution in [2.45, 2.75) is 13.3 Å². The lowest BCUT2D eigenvalue weighted by Gasteiger charge is -2.14. The van der Waals surface area contributed by atoms with E-state index >= 15 is 0 Å². The highest BCUT2D eigenvalue weighted by Gasteiger charge is 2.12. The number of H-pyrrole nitrogens is 1. The first-order valence-electron chi connectivity index (χ1n) is 5.06. The number of amides is 1. The van der Waals surface area contributed by atoms with Gasteiger partial charge in [-0.25, -0.2) is 0 Å². The third-order valence-electron chi connectivity index (χ3n) is 2.61. The summed E-state index contributed by atoms with van der Waals surface area (Å²) in [6.07, 6.45) is 2.40. The fourth-order valence-electron chi connectivity index (χ4n) is 1.71. The smallest absolute Gasteiger partial charge is 0.226 e. The summed E-state index contributed by atoms with van der Waals surface area (Å²) in [4.78, 5) is 16.4. The Morgan fingerprint density at radius 1 is 1.40 bits per heavy atom. The molecule has 0 aliphatic carbocycles. The van der Waals surface area contributed by atoms with Gasteiger partial charge < -0.3 is 9.88 Å². The molecule has 0 spiro atoms. The molecule has 0 aliphatic heterocycles. The molecule has 2 rings (SSSR count). The van der Waals surface area contributed by atoms with Crippen LogP contribution in [0.4, 0.5) is 5.69 Å². The Morgan fingerprint density at radius 2 is 2.13 bits per heavy atom. The summed E-state index contributed by atoms with van der Waals surface area (Å²) < 4.78 is 0. The van der Waals surface area contributed by atoms with Gasteiger partial charge in [0.05, 0.1) is 5.69 Å². The minimum absolute atomic E-state index is 0.125. The highest BCUT2D eigenvalue weighted by atomic mass is 16.2. The van der Waals surface area contributed by atoms with Crippen LogP contribution in [-0.2, 0) is 4.79 Å². The molecule has 0 radical (unpaired) electrons. The number of aromatic amines is 1. The zero-order valence-corrected chi connectivity index (χ0v) is 8.95. The Bertz CT molecular complexity index is 487. The van der Waals surface area contributed by atoms with Crippen molar-refractivity contribution in [3.05, 3.63) is 30.5 Å². The summed E-state index contributed by atoms with van der Waals surface area (Å²) in [6, 6.07) is 7.97. The SMILES string of the molecule is CCC(=O)N(C)c1c[nH]c2ccccc12. The average molecular weight is 202 g/mol. The highest BCUT2D eigenvalue weighted by Crippen LogP contribution is 2.25. The number of anilines is 1. The number of hydrogen-bond acceptors (Lipinski definition) is 1. The van der Waals surface area contributed by atoms with Crippen LogP contribution < -0.4 is 4.90 Å². The van der Waals surface area contributed by atoms with Gasteiger partial charge in [0.15, 0.2) is 0 Å². The summed E-state index contributed by atoms with van der Waals surface area (Å²) in [5.41, 5.74) is 2.00. The van der Waals surface area contributed by atoms with Crippen LogP contribution in [0.3, 0.4) is 0 Å². The molecule has 3 nitrogen and oxygen atoms in total. The zero-order chi connectivity index (χ0) is 10.8. The van der Waals surface area contributed by atoms with Crippen molar-refractivity contribution >= 4 is 22.5 Å². The maximum atomic E-state index is 11.6. The van der Waals surface area contributed by atoms with Crippen molar-refractivity contribution in [2.75, 3.05) is 11.9 Å². The lowest BCUT2D eigenvalue weighted by Crippen LogP contribution is -2.24. The number of para-hydroxylation sites is 1. The molecule has 1 aromatic carbocycles. The molecule has 0 atom stereocenters. The van der Waals surface area contributed by atoms with Crippen LogP contribution >= 0.6 is 0 Å². The van der Waals surface area contributed by atoms with Crippen LogP contribution in [0, 0.1) is 0 Å². The molecular weight excluding hydrogens is 188 g/mol. The van der Waals surface area contributed by atoms with E-state index in [-0.39, 0.29) is 5.91 Å². The fourth-order valence-corrected chi connectivity index (χ4v) is 1.71. The van der Waals surface area contributed by atoms with E-state index in [1.807, 2.05) is 37.4 Å². The van der Waals surface area contributed by atoms with Gasteiger partial charge in [0.1, 0.15) is 0 Å². The van der Waals surface area contributed by atoms with Crippen molar-refractivity contribution in [3.8, 4) is 0 Å². The van der Waals surface area contributed by atoms with Gasteiger partial charge >= 0.3 is 0 Å². The Hall–Kier alpha value is -1.77. The minimum atomic E-state index is 0.125. The Kier molecular flexibility index (Phi) is 2.46. The van der Waals surface area contributed by atoms with Gasteiger partial charge in [-0.05, 0) is 6.07 Å². The number of fused-ring (bicyclic) bond motifs is 1. The summed E-state index contributed by atoms with van der Waals surface area (Å²) in [6.45, 7) is 1.87. The molecule has 0 aliphatic rings. The molecular formula is C12H14N2O. The molecule has 0 saturated carbocycles. The number of benzene rings is 1. The molecule has 0 bridgehead atoms. The van der Waals surface area contributed by atoms with E-state index in [9.17, 15) is 4.79 Å². The number of carbonyl (C=O) groups is 1. The van der Waals surface area contributed by atoms with Crippen LogP contribution in [0.5, 0.6) is 0 Å². The molecule has 78 valence electrons. The van der Waals surface area contributed by atoms with E-state index in [4.69, 9.17) is 0 Å². The van der Waals surface area contributed by atoms with Gasteiger partial charge in [0.25, 0.3) is 0 Å². The van der Waals surface area contributed by atoms with Crippen LogP contribution in [-0.4, -0.2) is 17.9 Å². The number of nitrogens with one attached hydrogen (secondary N) is 1. The summed E-state index contributed by atoms with van der Waals surface area (Å²) in [5, 5.41) is 1.09. The van der Waals surface area contributed by atoms with Crippen molar-refractivity contribution < 1.29 is 4.79 Å². The van der Waals surface area contributed by atoms with E-state index in [1.165, 1.54) is 0 Å². The predicted octanol–water partition coefficient (Wildman–Crippen LogP) is 2.54. The molecule has 2 aromatic rings. The number of hydrogen-bond donors (Lipinski definition) is 1. The molecule has 1 aromatic heterocycles. The second-order valence-electron chi connectivity index (χ2n) is 3.53. The molecule has 1 amide bonds. The minimum Gasteiger partial charge on any atom is -0.359 e. The van der Waals surface area contributed by atoms with Gasteiger partial charge in [-0.15, -0.1) is 0 Å². The van der Waals surface area contributed by atoms with Crippen LogP contribution in [0.2, 0.25) is 0 Å². The van der Waals surface area contributed by atoms with E-state index in [2.05, 4.69) is 4.98 Å². The Morgan fingerprint density at radius 3 is 2.87 bits per heavy atom. The monoisotopic (exact) mass is 202 g/mol. The quantitative estimate of drug-likeness (QED) is 0.798. The lowest BCUT2D eigenvalue weighted by atomic mass is 10.2. The molecule has 1 N–H and O–H groups in total. The lowest BCUT2D eigenvalue weighted by molar-refractivity contribution is -0.118. The number of rotatable bonds is 2. The topological polar surface area (TPSA) is 36.1 Å². The number of aromatic nitrogens is 1. The predicted molar refractivity (Wildman–Crippen MR) is 62.0 cm³/mol. The Balaban J connectivity index is 2.48. The van der Waals surface area contributed by atoms with E-state index in [1.54, 1.807) is 11.9 Å². The summed E-state index contributed by atoms with van der Waals surface area (Å²) >= 11 is 0. The average Bonchev–Trinajstić information content (AvgIpc) is 2.70. The first-order chi connectivity index (χ1) is 7.24. The molecule has 1 heterocycles. The van der Waals surface area contributed by atoms with Crippen molar-refractivity contribution in [2.24, 2.45) is 0 Å². The molecule has 3 heteroatoms. The van der Waals surface area contributed by atoms with Crippen LogP contribution in [0.1, 0.15) is 13.3 Å². The van der Waals surface area contributed by atoms with Crippen molar-refractivity contribution in [3.63, 3.8) is 0 Å². The first-order valence-corrected chi connectivity index (χ1v) is 5.06. The summed E-state index contributed by atoms with van der Waals surface area (Å²) in [5.74, 6) is 0.125. The van der Waals surface area contributed by atoms with Gasteiger partial charge in [-0.3, -0.25) is 4.79 Å². The van der Waals surface area contributed by atoms with E-state index in [0.29, 0.717) is 6.42 Å². The maximum absolute atomic E-state index is 11.6. The largest absolute Gasteiger partial charge is 0.359 e. The second-order valence-corrected chi connectivity index (χ2v) is 3.53. The van der Waals surface area contributed by atoms with Crippen molar-refractivity contribution in [1.29, 1.82) is 0 Å². The summed E-state index contributed by atoms with van der Waals surface area (Å²) in [7, 11) is 1.81. The number of nitrogens with zero attached hydrogens (tertiary/aromatic N) is 1. The third-order valence-corrected chi connectivity index (χ3v) is 2.61. The number of carbonyl (C=O) groups excluding carboxylic acids is 1.